The van der Waals surface area contributed by atoms with Gasteiger partial charge in [0.1, 0.15) is 5.75 Å². The van der Waals surface area contributed by atoms with Crippen molar-refractivity contribution < 1.29 is 9.53 Å². The van der Waals surface area contributed by atoms with Crippen molar-refractivity contribution in [3.63, 3.8) is 0 Å². The molecule has 1 amide bonds. The normalized spacial score (nSPS) is 11.9. The Kier molecular flexibility index (Phi) is 7.05. The zero-order valence-corrected chi connectivity index (χ0v) is 18.5. The highest BCUT2D eigenvalue weighted by Crippen LogP contribution is 2.31. The Morgan fingerprint density at radius 3 is 2.52 bits per heavy atom. The first-order chi connectivity index (χ1) is 13.9. The number of nitrogens with one attached hydrogen (secondary N) is 1. The minimum atomic E-state index is -0.411. The van der Waals surface area contributed by atoms with Crippen LogP contribution in [0, 0.1) is 0 Å². The summed E-state index contributed by atoms with van der Waals surface area (Å²) >= 11 is 13.3. The maximum absolute atomic E-state index is 12.7. The van der Waals surface area contributed by atoms with Gasteiger partial charge < -0.3 is 14.6 Å². The Hall–Kier alpha value is -2.22. The number of nitrogens with zero attached hydrogens (tertiary/aromatic N) is 3. The van der Waals surface area contributed by atoms with E-state index in [1.165, 1.54) is 11.8 Å². The molecule has 9 heteroatoms. The molecule has 3 rings (SSSR count). The number of rotatable bonds is 7. The molecule has 0 aliphatic heterocycles. The van der Waals surface area contributed by atoms with Crippen molar-refractivity contribution in [1.29, 1.82) is 0 Å². The minimum Gasteiger partial charge on any atom is -0.495 e. The molecule has 0 saturated heterocycles. The van der Waals surface area contributed by atoms with Crippen LogP contribution in [0.2, 0.25) is 10.0 Å². The molecular formula is C20H20Cl2N4O2S. The molecule has 1 aromatic heterocycles. The quantitative estimate of drug-likeness (QED) is 0.487. The molecule has 1 unspecified atom stereocenters. The molecule has 1 N–H and O–H groups in total. The van der Waals surface area contributed by atoms with Crippen LogP contribution in [0.3, 0.4) is 0 Å². The fourth-order valence-electron chi connectivity index (χ4n) is 2.70. The molecule has 152 valence electrons. The summed E-state index contributed by atoms with van der Waals surface area (Å²) in [6.07, 6.45) is 0. The molecule has 0 fully saturated rings. The van der Waals surface area contributed by atoms with Crippen molar-refractivity contribution in [2.45, 2.75) is 30.8 Å². The number of anilines is 1. The Balaban J connectivity index is 1.77. The molecule has 0 aliphatic carbocycles. The SMILES string of the molecule is CCn1c(SC(C)C(=O)Nc2cc(Cl)ccc2OC)nnc1-c1ccc(Cl)cc1. The second kappa shape index (κ2) is 9.52. The van der Waals surface area contributed by atoms with Gasteiger partial charge in [0.05, 0.1) is 18.0 Å². The number of hydrogen-bond donors (Lipinski definition) is 1. The summed E-state index contributed by atoms with van der Waals surface area (Å²) in [5.41, 5.74) is 1.44. The van der Waals surface area contributed by atoms with E-state index in [4.69, 9.17) is 27.9 Å². The number of amides is 1. The Labute approximate surface area is 183 Å². The zero-order chi connectivity index (χ0) is 21.0. The van der Waals surface area contributed by atoms with Gasteiger partial charge in [-0.1, -0.05) is 35.0 Å². The van der Waals surface area contributed by atoms with Gasteiger partial charge in [0.25, 0.3) is 0 Å². The largest absolute Gasteiger partial charge is 0.495 e. The topological polar surface area (TPSA) is 69.0 Å². The Morgan fingerprint density at radius 2 is 1.86 bits per heavy atom. The third kappa shape index (κ3) is 5.04. The van der Waals surface area contributed by atoms with E-state index in [-0.39, 0.29) is 5.91 Å². The predicted molar refractivity (Wildman–Crippen MR) is 118 cm³/mol. The summed E-state index contributed by atoms with van der Waals surface area (Å²) in [5.74, 6) is 1.09. The number of carbonyl (C=O) groups is 1. The van der Waals surface area contributed by atoms with Gasteiger partial charge in [0, 0.05) is 22.2 Å². The van der Waals surface area contributed by atoms with Crippen LogP contribution in [-0.4, -0.2) is 33.0 Å². The summed E-state index contributed by atoms with van der Waals surface area (Å²) in [4.78, 5) is 12.7. The van der Waals surface area contributed by atoms with Crippen molar-refractivity contribution in [1.82, 2.24) is 14.8 Å². The number of thioether (sulfide) groups is 1. The second-order valence-corrected chi connectivity index (χ2v) is 8.33. The fraction of sp³-hybridized carbons (Fsp3) is 0.250. The van der Waals surface area contributed by atoms with E-state index in [0.717, 1.165) is 11.4 Å². The maximum atomic E-state index is 12.7. The molecule has 0 aliphatic rings. The van der Waals surface area contributed by atoms with Gasteiger partial charge in [-0.25, -0.2) is 0 Å². The van der Waals surface area contributed by atoms with Crippen LogP contribution in [0.1, 0.15) is 13.8 Å². The molecule has 0 saturated carbocycles. The molecule has 6 nitrogen and oxygen atoms in total. The van der Waals surface area contributed by atoms with Gasteiger partial charge >= 0.3 is 0 Å². The second-order valence-electron chi connectivity index (χ2n) is 6.15. The van der Waals surface area contributed by atoms with Gasteiger partial charge in [-0.2, -0.15) is 0 Å². The molecule has 3 aromatic rings. The summed E-state index contributed by atoms with van der Waals surface area (Å²) in [6.45, 7) is 4.49. The smallest absolute Gasteiger partial charge is 0.237 e. The molecule has 1 atom stereocenters. The average Bonchev–Trinajstić information content (AvgIpc) is 3.11. The Bertz CT molecular complexity index is 1010. The zero-order valence-electron chi connectivity index (χ0n) is 16.1. The van der Waals surface area contributed by atoms with Crippen LogP contribution in [0.5, 0.6) is 5.75 Å². The summed E-state index contributed by atoms with van der Waals surface area (Å²) in [5, 5.41) is 12.9. The van der Waals surface area contributed by atoms with Crippen molar-refractivity contribution in [3.05, 3.63) is 52.5 Å². The van der Waals surface area contributed by atoms with E-state index in [0.29, 0.717) is 33.2 Å². The molecule has 1 heterocycles. The number of carbonyl (C=O) groups excluding carboxylic acids is 1. The first-order valence-corrected chi connectivity index (χ1v) is 10.6. The summed E-state index contributed by atoms with van der Waals surface area (Å²) in [6, 6.07) is 12.5. The maximum Gasteiger partial charge on any atom is 0.237 e. The lowest BCUT2D eigenvalue weighted by atomic mass is 10.2. The van der Waals surface area contributed by atoms with Crippen LogP contribution in [-0.2, 0) is 11.3 Å². The van der Waals surface area contributed by atoms with E-state index >= 15 is 0 Å². The fourth-order valence-corrected chi connectivity index (χ4v) is 3.91. The van der Waals surface area contributed by atoms with E-state index in [1.807, 2.05) is 42.7 Å². The van der Waals surface area contributed by atoms with Gasteiger partial charge in [0.15, 0.2) is 11.0 Å². The van der Waals surface area contributed by atoms with Crippen molar-refractivity contribution in [3.8, 4) is 17.1 Å². The number of ether oxygens (including phenoxy) is 1. The van der Waals surface area contributed by atoms with Crippen LogP contribution < -0.4 is 10.1 Å². The van der Waals surface area contributed by atoms with Crippen molar-refractivity contribution in [2.75, 3.05) is 12.4 Å². The predicted octanol–water partition coefficient (Wildman–Crippen LogP) is 5.40. The highest BCUT2D eigenvalue weighted by Gasteiger charge is 2.21. The van der Waals surface area contributed by atoms with E-state index in [9.17, 15) is 4.79 Å². The molecule has 0 radical (unpaired) electrons. The molecule has 29 heavy (non-hydrogen) atoms. The van der Waals surface area contributed by atoms with E-state index < -0.39 is 5.25 Å². The molecule has 0 spiro atoms. The third-order valence-corrected chi connectivity index (χ3v) is 5.77. The van der Waals surface area contributed by atoms with E-state index in [1.54, 1.807) is 25.3 Å². The average molecular weight is 451 g/mol. The molecular weight excluding hydrogens is 431 g/mol. The number of methoxy groups -OCH3 is 1. The van der Waals surface area contributed by atoms with Crippen molar-refractivity contribution in [2.24, 2.45) is 0 Å². The number of benzene rings is 2. The summed E-state index contributed by atoms with van der Waals surface area (Å²) < 4.78 is 7.25. The highest BCUT2D eigenvalue weighted by molar-refractivity contribution is 8.00. The van der Waals surface area contributed by atoms with Gasteiger partial charge in [-0.05, 0) is 56.3 Å². The van der Waals surface area contributed by atoms with Crippen molar-refractivity contribution >= 4 is 46.6 Å². The first kappa shape index (κ1) is 21.5. The number of aromatic nitrogens is 3. The van der Waals surface area contributed by atoms with Gasteiger partial charge in [0.2, 0.25) is 5.91 Å². The van der Waals surface area contributed by atoms with E-state index in [2.05, 4.69) is 15.5 Å². The third-order valence-electron chi connectivity index (χ3n) is 4.21. The lowest BCUT2D eigenvalue weighted by molar-refractivity contribution is -0.115. The lowest BCUT2D eigenvalue weighted by Gasteiger charge is -2.15. The highest BCUT2D eigenvalue weighted by atomic mass is 35.5. The molecule has 0 bridgehead atoms. The van der Waals surface area contributed by atoms with Crippen LogP contribution in [0.25, 0.3) is 11.4 Å². The standard InChI is InChI=1S/C20H20Cl2N4O2S/c1-4-26-18(13-5-7-14(21)8-6-13)24-25-20(26)29-12(2)19(27)23-16-11-15(22)9-10-17(16)28-3/h5-12H,4H2,1-3H3,(H,23,27). The lowest BCUT2D eigenvalue weighted by Crippen LogP contribution is -2.23. The van der Waals surface area contributed by atoms with Crippen LogP contribution >= 0.6 is 35.0 Å². The van der Waals surface area contributed by atoms with Gasteiger partial charge in [-0.15, -0.1) is 10.2 Å². The van der Waals surface area contributed by atoms with Crippen LogP contribution in [0.4, 0.5) is 5.69 Å². The molecule has 2 aromatic carbocycles. The monoisotopic (exact) mass is 450 g/mol. The summed E-state index contributed by atoms with van der Waals surface area (Å²) in [7, 11) is 1.54. The minimum absolute atomic E-state index is 0.186. The number of halogens is 2. The Morgan fingerprint density at radius 1 is 1.17 bits per heavy atom. The van der Waals surface area contributed by atoms with Crippen LogP contribution in [0.15, 0.2) is 47.6 Å². The van der Waals surface area contributed by atoms with Gasteiger partial charge in [-0.3, -0.25) is 4.79 Å². The first-order valence-electron chi connectivity index (χ1n) is 8.93. The number of hydrogen-bond acceptors (Lipinski definition) is 5.